The first kappa shape index (κ1) is 17.9. The number of nitrogens with one attached hydrogen (secondary N) is 1. The van der Waals surface area contributed by atoms with Crippen LogP contribution in [-0.4, -0.2) is 41.5 Å². The number of rotatable bonds is 3. The van der Waals surface area contributed by atoms with Crippen LogP contribution in [0.2, 0.25) is 0 Å². The number of hydrogen-bond acceptors (Lipinski definition) is 2. The Morgan fingerprint density at radius 1 is 1.00 bits per heavy atom. The van der Waals surface area contributed by atoms with Crippen LogP contribution in [0.3, 0.4) is 0 Å². The number of anilines is 1. The number of alkyl halides is 3. The Morgan fingerprint density at radius 2 is 1.70 bits per heavy atom. The van der Waals surface area contributed by atoms with Gasteiger partial charge >= 0.3 is 12.2 Å². The van der Waals surface area contributed by atoms with Crippen LogP contribution < -0.4 is 5.32 Å². The molecule has 142 valence electrons. The van der Waals surface area contributed by atoms with E-state index in [1.165, 1.54) is 12.1 Å². The second-order valence-electron chi connectivity index (χ2n) is 7.15. The van der Waals surface area contributed by atoms with Crippen LogP contribution in [0, 0.1) is 5.92 Å². The molecule has 2 aromatic carbocycles. The van der Waals surface area contributed by atoms with Crippen LogP contribution in [-0.2, 0) is 12.7 Å². The minimum absolute atomic E-state index is 0.106. The maximum Gasteiger partial charge on any atom is 0.416 e. The number of fused-ring (bicyclic) bond motifs is 1. The van der Waals surface area contributed by atoms with Gasteiger partial charge in [0.25, 0.3) is 0 Å². The Labute approximate surface area is 155 Å². The van der Waals surface area contributed by atoms with Gasteiger partial charge in [-0.3, -0.25) is 4.90 Å². The standard InChI is InChI=1S/C20H20F3N3O/c21-20(22,23)16-8-6-14(7-9-16)10-25-11-15-12-26(13-18(15)25)19(27)24-17-4-2-1-3-5-17/h1-9,15,18H,10-13H2,(H,24,27). The fourth-order valence-corrected chi connectivity index (χ4v) is 3.85. The fourth-order valence-electron chi connectivity index (χ4n) is 3.85. The molecule has 2 unspecified atom stereocenters. The molecule has 0 radical (unpaired) electrons. The van der Waals surface area contributed by atoms with Crippen molar-refractivity contribution in [3.63, 3.8) is 0 Å². The minimum atomic E-state index is -4.31. The third kappa shape index (κ3) is 3.78. The second-order valence-corrected chi connectivity index (χ2v) is 7.15. The SMILES string of the molecule is O=C(Nc1ccccc1)N1CC2CN(Cc3ccc(C(F)(F)F)cc3)C2C1. The predicted molar refractivity (Wildman–Crippen MR) is 96.2 cm³/mol. The number of urea groups is 1. The van der Waals surface area contributed by atoms with E-state index in [2.05, 4.69) is 10.2 Å². The van der Waals surface area contributed by atoms with Crippen molar-refractivity contribution < 1.29 is 18.0 Å². The van der Waals surface area contributed by atoms with Gasteiger partial charge in [0.1, 0.15) is 0 Å². The summed E-state index contributed by atoms with van der Waals surface area (Å²) >= 11 is 0. The molecule has 0 saturated carbocycles. The number of para-hydroxylation sites is 1. The minimum Gasteiger partial charge on any atom is -0.323 e. The smallest absolute Gasteiger partial charge is 0.323 e. The number of carbonyl (C=O) groups is 1. The lowest BCUT2D eigenvalue weighted by atomic mass is 9.91. The van der Waals surface area contributed by atoms with Crippen molar-refractivity contribution >= 4 is 11.7 Å². The van der Waals surface area contributed by atoms with Gasteiger partial charge in [-0.05, 0) is 29.8 Å². The first-order chi connectivity index (χ1) is 12.9. The zero-order valence-corrected chi connectivity index (χ0v) is 14.6. The van der Waals surface area contributed by atoms with E-state index < -0.39 is 11.7 Å². The topological polar surface area (TPSA) is 35.6 Å². The number of nitrogens with zero attached hydrogens (tertiary/aromatic N) is 2. The molecule has 0 bridgehead atoms. The molecule has 4 nitrogen and oxygen atoms in total. The van der Waals surface area contributed by atoms with Gasteiger partial charge in [0, 0.05) is 43.8 Å². The van der Waals surface area contributed by atoms with E-state index in [0.29, 0.717) is 25.6 Å². The summed E-state index contributed by atoms with van der Waals surface area (Å²) < 4.78 is 38.0. The normalized spacial score (nSPS) is 22.3. The highest BCUT2D eigenvalue weighted by molar-refractivity contribution is 5.89. The lowest BCUT2D eigenvalue weighted by Gasteiger charge is -2.43. The van der Waals surface area contributed by atoms with Crippen LogP contribution >= 0.6 is 0 Å². The zero-order valence-electron chi connectivity index (χ0n) is 14.6. The number of halogens is 3. The van der Waals surface area contributed by atoms with E-state index in [9.17, 15) is 18.0 Å². The number of amides is 2. The summed E-state index contributed by atoms with van der Waals surface area (Å²) in [5, 5.41) is 2.90. The largest absolute Gasteiger partial charge is 0.416 e. The third-order valence-electron chi connectivity index (χ3n) is 5.32. The number of likely N-dealkylation sites (tertiary alicyclic amines) is 2. The molecule has 0 aromatic heterocycles. The summed E-state index contributed by atoms with van der Waals surface area (Å²) in [6.45, 7) is 2.82. The van der Waals surface area contributed by atoms with Gasteiger partial charge in [-0.15, -0.1) is 0 Å². The maximum atomic E-state index is 12.7. The second kappa shape index (κ2) is 6.88. The number of hydrogen-bond donors (Lipinski definition) is 1. The van der Waals surface area contributed by atoms with Crippen molar-refractivity contribution in [1.29, 1.82) is 0 Å². The van der Waals surface area contributed by atoms with E-state index >= 15 is 0 Å². The van der Waals surface area contributed by atoms with Crippen LogP contribution in [0.15, 0.2) is 54.6 Å². The molecular weight excluding hydrogens is 355 g/mol. The molecule has 2 saturated heterocycles. The summed E-state index contributed by atoms with van der Waals surface area (Å²) in [7, 11) is 0. The van der Waals surface area contributed by atoms with Crippen LogP contribution in [0.25, 0.3) is 0 Å². The first-order valence-corrected chi connectivity index (χ1v) is 8.91. The summed E-state index contributed by atoms with van der Waals surface area (Å²) in [4.78, 5) is 16.5. The Balaban J connectivity index is 1.32. The van der Waals surface area contributed by atoms with Gasteiger partial charge < -0.3 is 10.2 Å². The first-order valence-electron chi connectivity index (χ1n) is 8.91. The zero-order chi connectivity index (χ0) is 19.0. The molecule has 27 heavy (non-hydrogen) atoms. The van der Waals surface area contributed by atoms with Gasteiger partial charge in [-0.1, -0.05) is 30.3 Å². The molecule has 4 rings (SSSR count). The van der Waals surface area contributed by atoms with Gasteiger partial charge in [0.2, 0.25) is 0 Å². The van der Waals surface area contributed by atoms with E-state index in [-0.39, 0.29) is 12.1 Å². The highest BCUT2D eigenvalue weighted by atomic mass is 19.4. The Bertz CT molecular complexity index is 807. The van der Waals surface area contributed by atoms with Gasteiger partial charge in [0.05, 0.1) is 5.56 Å². The molecule has 2 aliphatic rings. The number of benzene rings is 2. The molecule has 0 aliphatic carbocycles. The molecule has 0 spiro atoms. The van der Waals surface area contributed by atoms with Crippen molar-refractivity contribution in [3.8, 4) is 0 Å². The molecule has 2 aliphatic heterocycles. The Morgan fingerprint density at radius 3 is 2.37 bits per heavy atom. The summed E-state index contributed by atoms with van der Waals surface area (Å²) in [5.74, 6) is 0.431. The summed E-state index contributed by atoms with van der Waals surface area (Å²) in [6, 6.07) is 14.8. The van der Waals surface area contributed by atoms with Gasteiger partial charge in [-0.2, -0.15) is 13.2 Å². The molecule has 2 aromatic rings. The third-order valence-corrected chi connectivity index (χ3v) is 5.32. The lowest BCUT2D eigenvalue weighted by molar-refractivity contribution is -0.137. The van der Waals surface area contributed by atoms with Crippen molar-refractivity contribution in [3.05, 3.63) is 65.7 Å². The molecule has 1 N–H and O–H groups in total. The summed E-state index contributed by atoms with van der Waals surface area (Å²) in [6.07, 6.45) is -4.31. The average Bonchev–Trinajstić information content (AvgIpc) is 2.97. The van der Waals surface area contributed by atoms with Crippen molar-refractivity contribution in [2.75, 3.05) is 25.0 Å². The molecule has 2 atom stereocenters. The maximum absolute atomic E-state index is 12.7. The quantitative estimate of drug-likeness (QED) is 0.878. The Hall–Kier alpha value is -2.54. The Kier molecular flexibility index (Phi) is 4.55. The molecule has 2 amide bonds. The van der Waals surface area contributed by atoms with Crippen molar-refractivity contribution in [2.24, 2.45) is 5.92 Å². The fraction of sp³-hybridized carbons (Fsp3) is 0.350. The van der Waals surface area contributed by atoms with E-state index in [1.807, 2.05) is 35.2 Å². The van der Waals surface area contributed by atoms with E-state index in [0.717, 1.165) is 29.9 Å². The average molecular weight is 375 g/mol. The molecule has 2 fully saturated rings. The van der Waals surface area contributed by atoms with Crippen molar-refractivity contribution in [1.82, 2.24) is 9.80 Å². The van der Waals surface area contributed by atoms with E-state index in [1.54, 1.807) is 0 Å². The van der Waals surface area contributed by atoms with Crippen LogP contribution in [0.4, 0.5) is 23.7 Å². The van der Waals surface area contributed by atoms with Gasteiger partial charge in [-0.25, -0.2) is 4.79 Å². The molecule has 7 heteroatoms. The van der Waals surface area contributed by atoms with Crippen molar-refractivity contribution in [2.45, 2.75) is 18.8 Å². The summed E-state index contributed by atoms with van der Waals surface area (Å²) in [5.41, 5.74) is 0.995. The highest BCUT2D eigenvalue weighted by Gasteiger charge is 2.46. The van der Waals surface area contributed by atoms with E-state index in [4.69, 9.17) is 0 Å². The molecule has 2 heterocycles. The van der Waals surface area contributed by atoms with Crippen LogP contribution in [0.1, 0.15) is 11.1 Å². The predicted octanol–water partition coefficient (Wildman–Crippen LogP) is 4.05. The monoisotopic (exact) mass is 375 g/mol. The van der Waals surface area contributed by atoms with Crippen LogP contribution in [0.5, 0.6) is 0 Å². The van der Waals surface area contributed by atoms with Gasteiger partial charge in [0.15, 0.2) is 0 Å². The number of carbonyl (C=O) groups excluding carboxylic acids is 1. The molecular formula is C20H20F3N3O. The lowest BCUT2D eigenvalue weighted by Crippen LogP contribution is -2.54. The highest BCUT2D eigenvalue weighted by Crippen LogP contribution is 2.34.